The highest BCUT2D eigenvalue weighted by molar-refractivity contribution is 9.10. The summed E-state index contributed by atoms with van der Waals surface area (Å²) >= 11 is 3.46. The summed E-state index contributed by atoms with van der Waals surface area (Å²) in [6.45, 7) is 3.72. The van der Waals surface area contributed by atoms with Crippen LogP contribution in [0.25, 0.3) is 17.0 Å². The van der Waals surface area contributed by atoms with Crippen molar-refractivity contribution < 1.29 is 14.7 Å². The summed E-state index contributed by atoms with van der Waals surface area (Å²) in [5.41, 5.74) is 3.72. The molecule has 0 atom stereocenters. The Morgan fingerprint density at radius 1 is 1.03 bits per heavy atom. The quantitative estimate of drug-likeness (QED) is 0.139. The molecule has 8 heteroatoms. The Hall–Kier alpha value is -4.30. The fourth-order valence-electron chi connectivity index (χ4n) is 3.63. The van der Waals surface area contributed by atoms with Gasteiger partial charge in [0.05, 0.1) is 5.52 Å². The minimum absolute atomic E-state index is 0.0472. The van der Waals surface area contributed by atoms with Gasteiger partial charge in [-0.05, 0) is 76.8 Å². The fourth-order valence-corrected chi connectivity index (χ4v) is 4.30. The third-order valence-corrected chi connectivity index (χ3v) is 5.90. The van der Waals surface area contributed by atoms with Gasteiger partial charge in [-0.25, -0.2) is 0 Å². The van der Waals surface area contributed by atoms with Crippen LogP contribution in [0.3, 0.4) is 0 Å². The molecule has 4 rings (SSSR count). The maximum absolute atomic E-state index is 13.1. The zero-order valence-corrected chi connectivity index (χ0v) is 21.2. The third kappa shape index (κ3) is 5.84. The lowest BCUT2D eigenvalue weighted by molar-refractivity contribution is -0.115. The maximum atomic E-state index is 13.1. The molecule has 7 nitrogen and oxygen atoms in total. The Morgan fingerprint density at radius 2 is 1.69 bits per heavy atom. The van der Waals surface area contributed by atoms with Crippen molar-refractivity contribution in [3.05, 3.63) is 111 Å². The lowest BCUT2D eigenvalue weighted by atomic mass is 10.1. The normalized spacial score (nSPS) is 12.3. The molecule has 0 bridgehead atoms. The number of H-pyrrole nitrogens is 1. The van der Waals surface area contributed by atoms with E-state index in [1.54, 1.807) is 36.4 Å². The molecule has 0 fully saturated rings. The van der Waals surface area contributed by atoms with Gasteiger partial charge in [0, 0.05) is 15.4 Å². The number of halogens is 1. The van der Waals surface area contributed by atoms with E-state index >= 15 is 0 Å². The van der Waals surface area contributed by atoms with E-state index < -0.39 is 11.8 Å². The summed E-state index contributed by atoms with van der Waals surface area (Å²) < 4.78 is 0.748. The van der Waals surface area contributed by atoms with E-state index in [1.165, 1.54) is 0 Å². The molecular formula is C28H23BrN4O3. The van der Waals surface area contributed by atoms with E-state index in [-0.39, 0.29) is 17.3 Å². The lowest BCUT2D eigenvalue weighted by Crippen LogP contribution is -2.26. The SMILES string of the molecule is CC(/C=C(\NC(=O)c1ccccc1)C(=O)N=Nc1c(O)[nH]c2c(Br)cc(C)cc12)=C\c1ccccc1. The van der Waals surface area contributed by atoms with Crippen molar-refractivity contribution in [2.24, 2.45) is 10.2 Å². The third-order valence-electron chi connectivity index (χ3n) is 5.28. The topological polar surface area (TPSA) is 107 Å². The number of benzene rings is 3. The summed E-state index contributed by atoms with van der Waals surface area (Å²) in [7, 11) is 0. The zero-order valence-electron chi connectivity index (χ0n) is 19.6. The molecule has 0 spiro atoms. The molecule has 3 N–H and O–H groups in total. The Balaban J connectivity index is 1.68. The van der Waals surface area contributed by atoms with E-state index in [4.69, 9.17) is 0 Å². The highest BCUT2D eigenvalue weighted by Gasteiger charge is 2.17. The number of aromatic nitrogens is 1. The number of nitrogens with zero attached hydrogens (tertiary/aromatic N) is 2. The average molecular weight is 543 g/mol. The van der Waals surface area contributed by atoms with Crippen molar-refractivity contribution in [1.29, 1.82) is 0 Å². The van der Waals surface area contributed by atoms with Crippen LogP contribution in [-0.2, 0) is 4.79 Å². The Bertz CT molecular complexity index is 1520. The number of aryl methyl sites for hydroxylation is 1. The summed E-state index contributed by atoms with van der Waals surface area (Å²) in [4.78, 5) is 28.7. The predicted octanol–water partition coefficient (Wildman–Crippen LogP) is 6.97. The van der Waals surface area contributed by atoms with E-state index in [0.717, 1.165) is 21.2 Å². The van der Waals surface area contributed by atoms with Gasteiger partial charge < -0.3 is 15.4 Å². The standard InChI is InChI=1S/C28H23BrN4O3/c1-17(13-19-9-5-3-6-10-19)16-23(30-26(34)20-11-7-4-8-12-20)27(35)33-32-25-21-14-18(2)15-22(29)24(21)31-28(25)36/h3-16,31,36H,1-2H3,(H,30,34)/b17-13+,23-16-,33-32?. The van der Waals surface area contributed by atoms with Crippen molar-refractivity contribution >= 4 is 50.4 Å². The molecule has 0 aliphatic carbocycles. The monoisotopic (exact) mass is 542 g/mol. The van der Waals surface area contributed by atoms with Crippen LogP contribution in [0, 0.1) is 6.92 Å². The number of carbonyl (C=O) groups is 2. The van der Waals surface area contributed by atoms with Crippen molar-refractivity contribution in [2.45, 2.75) is 13.8 Å². The smallest absolute Gasteiger partial charge is 0.311 e. The van der Waals surface area contributed by atoms with Crippen LogP contribution in [0.4, 0.5) is 5.69 Å². The molecule has 1 heterocycles. The van der Waals surface area contributed by atoms with Gasteiger partial charge in [-0.1, -0.05) is 54.6 Å². The first-order valence-electron chi connectivity index (χ1n) is 11.1. The molecule has 4 aromatic rings. The first-order valence-corrected chi connectivity index (χ1v) is 11.9. The molecule has 3 aromatic carbocycles. The number of fused-ring (bicyclic) bond motifs is 1. The highest BCUT2D eigenvalue weighted by Crippen LogP contribution is 2.39. The largest absolute Gasteiger partial charge is 0.493 e. The number of rotatable bonds is 6. The molecular weight excluding hydrogens is 520 g/mol. The molecule has 0 saturated heterocycles. The molecule has 0 aliphatic heterocycles. The molecule has 180 valence electrons. The van der Waals surface area contributed by atoms with Gasteiger partial charge in [0.2, 0.25) is 5.88 Å². The van der Waals surface area contributed by atoms with Crippen molar-refractivity contribution in [3.8, 4) is 5.88 Å². The van der Waals surface area contributed by atoms with Gasteiger partial charge in [0.25, 0.3) is 5.91 Å². The van der Waals surface area contributed by atoms with E-state index in [9.17, 15) is 14.7 Å². The molecule has 0 unspecified atom stereocenters. The van der Waals surface area contributed by atoms with Gasteiger partial charge in [-0.15, -0.1) is 10.2 Å². The summed E-state index contributed by atoms with van der Waals surface area (Å²) in [5.74, 6) is -1.43. The summed E-state index contributed by atoms with van der Waals surface area (Å²) in [6.07, 6.45) is 3.43. The van der Waals surface area contributed by atoms with E-state index in [2.05, 4.69) is 36.5 Å². The summed E-state index contributed by atoms with van der Waals surface area (Å²) in [5, 5.41) is 21.5. The van der Waals surface area contributed by atoms with Crippen LogP contribution in [0.15, 0.2) is 105 Å². The second kappa shape index (κ2) is 11.0. The lowest BCUT2D eigenvalue weighted by Gasteiger charge is -2.07. The minimum atomic E-state index is -0.763. The van der Waals surface area contributed by atoms with E-state index in [1.807, 2.05) is 62.4 Å². The second-order valence-electron chi connectivity index (χ2n) is 8.17. The number of azo groups is 1. The number of aromatic amines is 1. The second-order valence-corrected chi connectivity index (χ2v) is 9.03. The molecule has 0 radical (unpaired) electrons. The van der Waals surface area contributed by atoms with Crippen molar-refractivity contribution in [2.75, 3.05) is 0 Å². The number of hydrogen-bond acceptors (Lipinski definition) is 4. The van der Waals surface area contributed by atoms with Crippen LogP contribution in [0.1, 0.15) is 28.4 Å². The average Bonchev–Trinajstić information content (AvgIpc) is 3.18. The highest BCUT2D eigenvalue weighted by atomic mass is 79.9. The number of aromatic hydroxyl groups is 1. The van der Waals surface area contributed by atoms with Crippen LogP contribution in [-0.4, -0.2) is 21.9 Å². The number of nitrogens with one attached hydrogen (secondary N) is 2. The number of allylic oxidation sites excluding steroid dienone is 2. The first-order chi connectivity index (χ1) is 17.3. The first kappa shape index (κ1) is 24.8. The van der Waals surface area contributed by atoms with Crippen LogP contribution in [0.2, 0.25) is 0 Å². The van der Waals surface area contributed by atoms with Gasteiger partial charge in [-0.2, -0.15) is 0 Å². The van der Waals surface area contributed by atoms with Gasteiger partial charge in [0.15, 0.2) is 5.69 Å². The number of amides is 2. The minimum Gasteiger partial charge on any atom is -0.493 e. The Morgan fingerprint density at radius 3 is 2.39 bits per heavy atom. The zero-order chi connectivity index (χ0) is 25.7. The number of hydrogen-bond donors (Lipinski definition) is 3. The maximum Gasteiger partial charge on any atom is 0.311 e. The number of carbonyl (C=O) groups excluding carboxylic acids is 2. The van der Waals surface area contributed by atoms with Crippen molar-refractivity contribution in [3.63, 3.8) is 0 Å². The Labute approximate surface area is 216 Å². The molecule has 0 aliphatic rings. The molecule has 2 amide bonds. The van der Waals surface area contributed by atoms with E-state index in [0.29, 0.717) is 16.5 Å². The van der Waals surface area contributed by atoms with Crippen LogP contribution < -0.4 is 5.32 Å². The van der Waals surface area contributed by atoms with Crippen LogP contribution in [0.5, 0.6) is 5.88 Å². The van der Waals surface area contributed by atoms with Gasteiger partial charge in [-0.3, -0.25) is 9.59 Å². The van der Waals surface area contributed by atoms with Crippen LogP contribution >= 0.6 is 15.9 Å². The molecule has 1 aromatic heterocycles. The van der Waals surface area contributed by atoms with Gasteiger partial charge >= 0.3 is 5.91 Å². The fraction of sp³-hybridized carbons (Fsp3) is 0.0714. The Kier molecular flexibility index (Phi) is 7.56. The summed E-state index contributed by atoms with van der Waals surface area (Å²) in [6, 6.07) is 21.9. The van der Waals surface area contributed by atoms with Crippen molar-refractivity contribution in [1.82, 2.24) is 10.3 Å². The van der Waals surface area contributed by atoms with Gasteiger partial charge in [0.1, 0.15) is 5.70 Å². The predicted molar refractivity (Wildman–Crippen MR) is 144 cm³/mol. The molecule has 36 heavy (non-hydrogen) atoms. The molecule has 0 saturated carbocycles.